The van der Waals surface area contributed by atoms with Crippen molar-refractivity contribution >= 4 is 27.5 Å². The lowest BCUT2D eigenvalue weighted by Crippen LogP contribution is -2.49. The van der Waals surface area contributed by atoms with Gasteiger partial charge in [-0.1, -0.05) is 24.3 Å². The Hall–Kier alpha value is -2.59. The molecular formula is C26H33N3O5S. The fraction of sp³-hybridized carbons (Fsp3) is 0.462. The van der Waals surface area contributed by atoms with Crippen LogP contribution in [0.25, 0.3) is 0 Å². The molecule has 2 saturated heterocycles. The number of para-hydroxylation sites is 1. The van der Waals surface area contributed by atoms with Gasteiger partial charge < -0.3 is 4.74 Å². The van der Waals surface area contributed by atoms with Crippen molar-refractivity contribution in [2.45, 2.75) is 45.1 Å². The van der Waals surface area contributed by atoms with Crippen LogP contribution in [0.2, 0.25) is 0 Å². The molecule has 2 fully saturated rings. The van der Waals surface area contributed by atoms with Gasteiger partial charge in [0.2, 0.25) is 15.9 Å². The first-order valence-electron chi connectivity index (χ1n) is 11.9. The SMILES string of the molecule is Cc1cc(C)c(C)c(S(=O)(=O)N(CCN2CCOCC2)C2CC(=O)N(c3ccccc3)C2=O)c1C. The largest absolute Gasteiger partial charge is 0.379 e. The summed E-state index contributed by atoms with van der Waals surface area (Å²) in [5.41, 5.74) is 3.54. The van der Waals surface area contributed by atoms with Crippen LogP contribution in [0.3, 0.4) is 0 Å². The number of hydrogen-bond acceptors (Lipinski definition) is 6. The summed E-state index contributed by atoms with van der Waals surface area (Å²) in [6.45, 7) is 10.5. The number of nitrogens with zero attached hydrogens (tertiary/aromatic N) is 3. The molecule has 2 amide bonds. The quantitative estimate of drug-likeness (QED) is 0.545. The topological polar surface area (TPSA) is 87.2 Å². The second-order valence-electron chi connectivity index (χ2n) is 9.28. The Morgan fingerprint density at radius 2 is 1.57 bits per heavy atom. The van der Waals surface area contributed by atoms with Crippen LogP contribution < -0.4 is 4.90 Å². The van der Waals surface area contributed by atoms with E-state index in [1.54, 1.807) is 44.2 Å². The molecule has 0 spiro atoms. The number of sulfonamides is 1. The monoisotopic (exact) mass is 499 g/mol. The van der Waals surface area contributed by atoms with Crippen LogP contribution in [0.1, 0.15) is 28.7 Å². The number of ether oxygens (including phenoxy) is 1. The number of carbonyl (C=O) groups is 2. The zero-order valence-electron chi connectivity index (χ0n) is 20.8. The molecular weight excluding hydrogens is 466 g/mol. The van der Waals surface area contributed by atoms with E-state index < -0.39 is 27.9 Å². The number of rotatable bonds is 7. The van der Waals surface area contributed by atoms with Gasteiger partial charge in [0.15, 0.2) is 0 Å². The molecule has 2 aliphatic rings. The molecule has 0 N–H and O–H groups in total. The molecule has 0 aromatic heterocycles. The summed E-state index contributed by atoms with van der Waals surface area (Å²) in [4.78, 5) is 30.0. The molecule has 1 atom stereocenters. The highest BCUT2D eigenvalue weighted by molar-refractivity contribution is 7.89. The van der Waals surface area contributed by atoms with Crippen molar-refractivity contribution in [3.05, 3.63) is 58.7 Å². The van der Waals surface area contributed by atoms with Crippen molar-refractivity contribution in [1.82, 2.24) is 9.21 Å². The average molecular weight is 500 g/mol. The average Bonchev–Trinajstić information content (AvgIpc) is 3.12. The third kappa shape index (κ3) is 4.91. The molecule has 4 rings (SSSR count). The standard InChI is InChI=1S/C26H33N3O5S/c1-18-16-19(2)21(4)25(20(18)3)35(32,33)28(11-10-27-12-14-34-15-13-27)23-17-24(30)29(26(23)31)22-8-6-5-7-9-22/h5-9,16,23H,10-15,17H2,1-4H3. The molecule has 0 bridgehead atoms. The van der Waals surface area contributed by atoms with E-state index in [1.807, 2.05) is 19.9 Å². The molecule has 2 aliphatic heterocycles. The van der Waals surface area contributed by atoms with E-state index in [4.69, 9.17) is 4.74 Å². The Morgan fingerprint density at radius 1 is 0.971 bits per heavy atom. The van der Waals surface area contributed by atoms with E-state index >= 15 is 0 Å². The van der Waals surface area contributed by atoms with Gasteiger partial charge in [-0.2, -0.15) is 4.31 Å². The van der Waals surface area contributed by atoms with Gasteiger partial charge in [-0.15, -0.1) is 0 Å². The van der Waals surface area contributed by atoms with Crippen molar-refractivity contribution in [3.8, 4) is 0 Å². The lowest BCUT2D eigenvalue weighted by atomic mass is 10.0. The summed E-state index contributed by atoms with van der Waals surface area (Å²) in [5.74, 6) is -0.905. The van der Waals surface area contributed by atoms with Gasteiger partial charge in [0.25, 0.3) is 5.91 Å². The molecule has 188 valence electrons. The Balaban J connectivity index is 1.75. The van der Waals surface area contributed by atoms with Gasteiger partial charge in [0.1, 0.15) is 6.04 Å². The normalized spacial score (nSPS) is 19.7. The van der Waals surface area contributed by atoms with Crippen molar-refractivity contribution in [1.29, 1.82) is 0 Å². The van der Waals surface area contributed by atoms with E-state index in [9.17, 15) is 18.0 Å². The minimum atomic E-state index is -4.08. The highest BCUT2D eigenvalue weighted by atomic mass is 32.2. The molecule has 0 radical (unpaired) electrons. The second kappa shape index (κ2) is 10.2. The van der Waals surface area contributed by atoms with Crippen LogP contribution >= 0.6 is 0 Å². The smallest absolute Gasteiger partial charge is 0.252 e. The van der Waals surface area contributed by atoms with Gasteiger partial charge in [-0.05, 0) is 62.1 Å². The molecule has 0 saturated carbocycles. The van der Waals surface area contributed by atoms with Crippen LogP contribution in [0.15, 0.2) is 41.3 Å². The van der Waals surface area contributed by atoms with Gasteiger partial charge >= 0.3 is 0 Å². The Morgan fingerprint density at radius 3 is 2.17 bits per heavy atom. The van der Waals surface area contributed by atoms with Gasteiger partial charge in [0, 0.05) is 26.2 Å². The first-order chi connectivity index (χ1) is 16.6. The predicted molar refractivity (Wildman–Crippen MR) is 134 cm³/mol. The molecule has 8 nitrogen and oxygen atoms in total. The van der Waals surface area contributed by atoms with Crippen molar-refractivity contribution in [3.63, 3.8) is 0 Å². The summed E-state index contributed by atoms with van der Waals surface area (Å²) in [7, 11) is -4.08. The Bertz CT molecular complexity index is 1200. The summed E-state index contributed by atoms with van der Waals surface area (Å²) < 4.78 is 35.1. The number of morpholine rings is 1. The van der Waals surface area contributed by atoms with E-state index in [0.717, 1.165) is 16.0 Å². The first kappa shape index (κ1) is 25.5. The molecule has 1 unspecified atom stereocenters. The van der Waals surface area contributed by atoms with Gasteiger partial charge in [0.05, 0.1) is 30.2 Å². The van der Waals surface area contributed by atoms with E-state index in [0.29, 0.717) is 49.7 Å². The molecule has 0 aliphatic carbocycles. The summed E-state index contributed by atoms with van der Waals surface area (Å²) in [6.07, 6.45) is -0.182. The summed E-state index contributed by atoms with van der Waals surface area (Å²) in [5, 5.41) is 0. The zero-order valence-corrected chi connectivity index (χ0v) is 21.6. The van der Waals surface area contributed by atoms with Crippen LogP contribution in [-0.2, 0) is 24.3 Å². The van der Waals surface area contributed by atoms with Crippen LogP contribution in [0.5, 0.6) is 0 Å². The maximum absolute atomic E-state index is 14.2. The van der Waals surface area contributed by atoms with E-state index in [2.05, 4.69) is 4.90 Å². The lowest BCUT2D eigenvalue weighted by molar-refractivity contribution is -0.122. The van der Waals surface area contributed by atoms with Crippen molar-refractivity contribution < 1.29 is 22.7 Å². The Labute approximate surface area is 207 Å². The minimum Gasteiger partial charge on any atom is -0.379 e. The number of imide groups is 1. The maximum Gasteiger partial charge on any atom is 0.252 e. The van der Waals surface area contributed by atoms with Crippen LogP contribution in [0.4, 0.5) is 5.69 Å². The molecule has 2 aromatic carbocycles. The predicted octanol–water partition coefficient (Wildman–Crippen LogP) is 2.58. The van der Waals surface area contributed by atoms with E-state index in [1.165, 1.54) is 4.31 Å². The van der Waals surface area contributed by atoms with Gasteiger partial charge in [-0.3, -0.25) is 14.5 Å². The first-order valence-corrected chi connectivity index (χ1v) is 13.4. The van der Waals surface area contributed by atoms with Crippen LogP contribution in [0, 0.1) is 27.7 Å². The maximum atomic E-state index is 14.2. The Kier molecular flexibility index (Phi) is 7.42. The number of aryl methyl sites for hydroxylation is 2. The fourth-order valence-electron chi connectivity index (χ4n) is 4.88. The number of anilines is 1. The summed E-state index contributed by atoms with van der Waals surface area (Å²) in [6, 6.07) is 9.55. The molecule has 2 heterocycles. The highest BCUT2D eigenvalue weighted by Gasteiger charge is 2.47. The highest BCUT2D eigenvalue weighted by Crippen LogP contribution is 2.33. The summed E-state index contributed by atoms with van der Waals surface area (Å²) >= 11 is 0. The van der Waals surface area contributed by atoms with Crippen LogP contribution in [-0.4, -0.2) is 74.9 Å². The third-order valence-electron chi connectivity index (χ3n) is 7.09. The second-order valence-corrected chi connectivity index (χ2v) is 11.1. The number of benzene rings is 2. The van der Waals surface area contributed by atoms with Crippen molar-refractivity contribution in [2.75, 3.05) is 44.3 Å². The molecule has 35 heavy (non-hydrogen) atoms. The number of carbonyl (C=O) groups excluding carboxylic acids is 2. The van der Waals surface area contributed by atoms with Gasteiger partial charge in [-0.25, -0.2) is 13.3 Å². The number of amides is 2. The minimum absolute atomic E-state index is 0.112. The fourth-order valence-corrected chi connectivity index (χ4v) is 7.03. The number of hydrogen-bond donors (Lipinski definition) is 0. The lowest BCUT2D eigenvalue weighted by Gasteiger charge is -2.32. The molecule has 9 heteroatoms. The zero-order chi connectivity index (χ0) is 25.3. The van der Waals surface area contributed by atoms with E-state index in [-0.39, 0.29) is 17.9 Å². The molecule has 2 aromatic rings. The van der Waals surface area contributed by atoms with Crippen molar-refractivity contribution in [2.24, 2.45) is 0 Å². The third-order valence-corrected chi connectivity index (χ3v) is 9.27.